The van der Waals surface area contributed by atoms with Crippen LogP contribution in [0.4, 0.5) is 0 Å². The van der Waals surface area contributed by atoms with Crippen LogP contribution < -0.4 is 0 Å². The van der Waals surface area contributed by atoms with E-state index in [4.69, 9.17) is 0 Å². The van der Waals surface area contributed by atoms with Crippen LogP contribution in [-0.4, -0.2) is 4.98 Å². The van der Waals surface area contributed by atoms with E-state index in [2.05, 4.69) is 59.6 Å². The first-order valence-corrected chi connectivity index (χ1v) is 8.78. The van der Waals surface area contributed by atoms with Crippen LogP contribution >= 0.6 is 22.7 Å². The number of aromatic nitrogens is 1. The van der Waals surface area contributed by atoms with Crippen molar-refractivity contribution in [1.82, 2.24) is 4.98 Å². The van der Waals surface area contributed by atoms with Crippen LogP contribution in [0.2, 0.25) is 0 Å². The Kier molecular flexibility index (Phi) is 2.60. The lowest BCUT2D eigenvalue weighted by atomic mass is 10.1. The minimum atomic E-state index is 1.22. The molecule has 5 aromatic rings. The lowest BCUT2D eigenvalue weighted by molar-refractivity contribution is 1.33. The van der Waals surface area contributed by atoms with Gasteiger partial charge in [-0.2, -0.15) is 0 Å². The van der Waals surface area contributed by atoms with Crippen LogP contribution in [0.3, 0.4) is 0 Å². The number of hydrogen-bond donors (Lipinski definition) is 0. The van der Waals surface area contributed by atoms with Crippen LogP contribution in [0.1, 0.15) is 0 Å². The third-order valence-corrected chi connectivity index (χ3v) is 6.52. The van der Waals surface area contributed by atoms with Crippen molar-refractivity contribution in [3.8, 4) is 11.1 Å². The van der Waals surface area contributed by atoms with Crippen molar-refractivity contribution in [2.24, 2.45) is 0 Å². The van der Waals surface area contributed by atoms with Crippen molar-refractivity contribution in [1.29, 1.82) is 0 Å². The molecule has 3 heteroatoms. The second-order valence-electron chi connectivity index (χ2n) is 5.31. The molecule has 0 radical (unpaired) electrons. The number of thiophene rings is 2. The highest BCUT2D eigenvalue weighted by Gasteiger charge is 2.12. The van der Waals surface area contributed by atoms with Crippen LogP contribution in [0.5, 0.6) is 0 Å². The fourth-order valence-electron chi connectivity index (χ4n) is 2.93. The molecule has 0 aliphatic heterocycles. The highest BCUT2D eigenvalue weighted by Crippen LogP contribution is 2.44. The maximum absolute atomic E-state index is 4.10. The zero-order valence-corrected chi connectivity index (χ0v) is 13.2. The normalized spacial score (nSPS) is 11.6. The van der Waals surface area contributed by atoms with Gasteiger partial charge in [0.05, 0.1) is 9.40 Å². The highest BCUT2D eigenvalue weighted by atomic mass is 32.1. The van der Waals surface area contributed by atoms with Crippen LogP contribution in [-0.2, 0) is 0 Å². The predicted octanol–water partition coefficient (Wildman–Crippen LogP) is 6.33. The lowest BCUT2D eigenvalue weighted by Crippen LogP contribution is -1.77. The summed E-state index contributed by atoms with van der Waals surface area (Å²) in [6.45, 7) is 0. The zero-order chi connectivity index (χ0) is 14.5. The van der Waals surface area contributed by atoms with Crippen LogP contribution in [0, 0.1) is 0 Å². The molecule has 0 aliphatic rings. The Morgan fingerprint density at radius 3 is 2.23 bits per heavy atom. The Morgan fingerprint density at radius 1 is 0.636 bits per heavy atom. The second kappa shape index (κ2) is 4.63. The van der Waals surface area contributed by atoms with E-state index < -0.39 is 0 Å². The molecule has 2 aromatic carbocycles. The highest BCUT2D eigenvalue weighted by molar-refractivity contribution is 7.36. The zero-order valence-electron chi connectivity index (χ0n) is 11.6. The van der Waals surface area contributed by atoms with Crippen molar-refractivity contribution in [3.63, 3.8) is 0 Å². The van der Waals surface area contributed by atoms with Gasteiger partial charge >= 0.3 is 0 Å². The van der Waals surface area contributed by atoms with Crippen LogP contribution in [0.25, 0.3) is 40.7 Å². The van der Waals surface area contributed by atoms with Gasteiger partial charge in [-0.1, -0.05) is 30.3 Å². The molecule has 3 aromatic heterocycles. The summed E-state index contributed by atoms with van der Waals surface area (Å²) in [4.78, 5) is 4.10. The van der Waals surface area contributed by atoms with E-state index in [9.17, 15) is 0 Å². The number of rotatable bonds is 1. The molecular formula is C19H11NS2. The monoisotopic (exact) mass is 317 g/mol. The van der Waals surface area contributed by atoms with E-state index in [0.717, 1.165) is 0 Å². The van der Waals surface area contributed by atoms with Crippen molar-refractivity contribution < 1.29 is 0 Å². The second-order valence-corrected chi connectivity index (χ2v) is 7.41. The van der Waals surface area contributed by atoms with E-state index in [1.807, 2.05) is 35.1 Å². The van der Waals surface area contributed by atoms with Gasteiger partial charge in [-0.15, -0.1) is 22.7 Å². The van der Waals surface area contributed by atoms with Gasteiger partial charge in [-0.3, -0.25) is 4.98 Å². The molecule has 0 saturated heterocycles. The van der Waals surface area contributed by atoms with Crippen molar-refractivity contribution in [2.75, 3.05) is 0 Å². The van der Waals surface area contributed by atoms with E-state index >= 15 is 0 Å². The van der Waals surface area contributed by atoms with E-state index in [1.54, 1.807) is 0 Å². The molecule has 0 amide bonds. The standard InChI is InChI=1S/C19H11NS2/c1-2-4-16-14(3-1)18-19(21-16)15-6-5-13(11-17(15)22-18)12-7-9-20-10-8-12/h1-11H. The molecule has 0 bridgehead atoms. The molecule has 0 aliphatic carbocycles. The Labute approximate surface area is 135 Å². The Morgan fingerprint density at radius 2 is 1.36 bits per heavy atom. The summed E-state index contributed by atoms with van der Waals surface area (Å²) in [7, 11) is 0. The van der Waals surface area contributed by atoms with Gasteiger partial charge in [-0.25, -0.2) is 0 Å². The van der Waals surface area contributed by atoms with Crippen molar-refractivity contribution >= 4 is 52.2 Å². The van der Waals surface area contributed by atoms with Gasteiger partial charge in [-0.05, 0) is 35.4 Å². The minimum absolute atomic E-state index is 1.22. The Balaban J connectivity index is 1.82. The fourth-order valence-corrected chi connectivity index (χ4v) is 5.62. The average molecular weight is 317 g/mol. The summed E-state index contributed by atoms with van der Waals surface area (Å²) in [6.07, 6.45) is 3.69. The summed E-state index contributed by atoms with van der Waals surface area (Å²) < 4.78 is 5.58. The molecule has 0 fully saturated rings. The molecule has 5 rings (SSSR count). The first kappa shape index (κ1) is 12.3. The molecule has 0 saturated carbocycles. The Bertz CT molecular complexity index is 1120. The molecule has 0 spiro atoms. The molecule has 3 heterocycles. The fraction of sp³-hybridized carbons (Fsp3) is 0. The maximum Gasteiger partial charge on any atom is 0.0542 e. The Hall–Kier alpha value is -2.23. The molecular weight excluding hydrogens is 306 g/mol. The summed E-state index contributed by atoms with van der Waals surface area (Å²) in [5.41, 5.74) is 2.48. The van der Waals surface area contributed by atoms with E-state index in [-0.39, 0.29) is 0 Å². The number of nitrogens with zero attached hydrogens (tertiary/aromatic N) is 1. The number of hydrogen-bond acceptors (Lipinski definition) is 3. The quantitative estimate of drug-likeness (QED) is 0.352. The first-order valence-electron chi connectivity index (χ1n) is 7.14. The molecule has 104 valence electrons. The summed E-state index contributed by atoms with van der Waals surface area (Å²) in [6, 6.07) is 19.6. The molecule has 0 unspecified atom stereocenters. The number of benzene rings is 2. The van der Waals surface area contributed by atoms with Gasteiger partial charge in [0, 0.05) is 32.6 Å². The molecule has 1 nitrogen and oxygen atoms in total. The molecule has 22 heavy (non-hydrogen) atoms. The average Bonchev–Trinajstić information content (AvgIpc) is 3.11. The summed E-state index contributed by atoms with van der Waals surface area (Å²) in [5.74, 6) is 0. The third-order valence-electron chi connectivity index (χ3n) is 4.00. The number of pyridine rings is 1. The van der Waals surface area contributed by atoms with Gasteiger partial charge < -0.3 is 0 Å². The van der Waals surface area contributed by atoms with E-state index in [0.29, 0.717) is 0 Å². The van der Waals surface area contributed by atoms with Gasteiger partial charge in [0.15, 0.2) is 0 Å². The smallest absolute Gasteiger partial charge is 0.0542 e. The lowest BCUT2D eigenvalue weighted by Gasteiger charge is -2.00. The topological polar surface area (TPSA) is 12.9 Å². The molecule has 0 atom stereocenters. The van der Waals surface area contributed by atoms with Crippen LogP contribution in [0.15, 0.2) is 67.0 Å². The maximum atomic E-state index is 4.10. The largest absolute Gasteiger partial charge is 0.265 e. The number of fused-ring (bicyclic) bond motifs is 5. The van der Waals surface area contributed by atoms with Gasteiger partial charge in [0.25, 0.3) is 0 Å². The van der Waals surface area contributed by atoms with E-state index in [1.165, 1.54) is 40.7 Å². The summed E-state index contributed by atoms with van der Waals surface area (Å²) in [5, 5.41) is 2.76. The predicted molar refractivity (Wildman–Crippen MR) is 97.9 cm³/mol. The minimum Gasteiger partial charge on any atom is -0.265 e. The molecule has 0 N–H and O–H groups in total. The third kappa shape index (κ3) is 1.73. The van der Waals surface area contributed by atoms with Crippen molar-refractivity contribution in [3.05, 3.63) is 67.0 Å². The summed E-state index contributed by atoms with van der Waals surface area (Å²) >= 11 is 3.80. The van der Waals surface area contributed by atoms with Gasteiger partial charge in [0.1, 0.15) is 0 Å². The van der Waals surface area contributed by atoms with Crippen molar-refractivity contribution in [2.45, 2.75) is 0 Å². The van der Waals surface area contributed by atoms with Gasteiger partial charge in [0.2, 0.25) is 0 Å². The SMILES string of the molecule is c1ccc2c(c1)sc1c3ccc(-c4ccncc4)cc3sc21. The first-order chi connectivity index (χ1) is 10.9.